The van der Waals surface area contributed by atoms with Crippen molar-refractivity contribution in [2.24, 2.45) is 0 Å². The van der Waals surface area contributed by atoms with Gasteiger partial charge in [-0.25, -0.2) is 0 Å². The summed E-state index contributed by atoms with van der Waals surface area (Å²) in [6.45, 7) is 21.9. The van der Waals surface area contributed by atoms with E-state index in [0.29, 0.717) is 0 Å². The zero-order chi connectivity index (χ0) is 26.1. The Labute approximate surface area is 217 Å². The lowest BCUT2D eigenvalue weighted by Gasteiger charge is -2.26. The van der Waals surface area contributed by atoms with Crippen molar-refractivity contribution in [3.8, 4) is 0 Å². The number of nitrogens with zero attached hydrogens (tertiary/aromatic N) is 1. The Morgan fingerprint density at radius 1 is 0.583 bits per heavy atom. The summed E-state index contributed by atoms with van der Waals surface area (Å²) in [7, 11) is 0. The zero-order valence-corrected chi connectivity index (χ0v) is 21.7. The third kappa shape index (κ3) is 6.20. The molecule has 0 saturated heterocycles. The second kappa shape index (κ2) is 12.4. The van der Waals surface area contributed by atoms with Crippen LogP contribution in [0.15, 0.2) is 141 Å². The predicted octanol–water partition coefficient (Wildman–Crippen LogP) is 10.5. The number of benzene rings is 3. The first-order valence-corrected chi connectivity index (χ1v) is 12.1. The molecule has 3 aromatic rings. The summed E-state index contributed by atoms with van der Waals surface area (Å²) in [5, 5.41) is 0. The van der Waals surface area contributed by atoms with Gasteiger partial charge >= 0.3 is 0 Å². The molecule has 0 aliphatic heterocycles. The minimum absolute atomic E-state index is 0.909. The molecule has 36 heavy (non-hydrogen) atoms. The van der Waals surface area contributed by atoms with Crippen LogP contribution in [0.25, 0.3) is 16.7 Å². The van der Waals surface area contributed by atoms with Crippen molar-refractivity contribution >= 4 is 33.8 Å². The van der Waals surface area contributed by atoms with Gasteiger partial charge < -0.3 is 4.90 Å². The van der Waals surface area contributed by atoms with E-state index < -0.39 is 0 Å². The molecule has 0 amide bonds. The van der Waals surface area contributed by atoms with Crippen LogP contribution in [0.4, 0.5) is 17.1 Å². The van der Waals surface area contributed by atoms with Gasteiger partial charge in [0.15, 0.2) is 0 Å². The lowest BCUT2D eigenvalue weighted by Crippen LogP contribution is -2.10. The summed E-state index contributed by atoms with van der Waals surface area (Å²) in [6.07, 6.45) is 12.0. The second-order valence-electron chi connectivity index (χ2n) is 8.58. The van der Waals surface area contributed by atoms with Crippen LogP contribution in [-0.4, -0.2) is 0 Å². The molecule has 0 fully saturated rings. The van der Waals surface area contributed by atoms with Crippen molar-refractivity contribution in [2.75, 3.05) is 4.90 Å². The van der Waals surface area contributed by atoms with Crippen LogP contribution in [-0.2, 0) is 0 Å². The van der Waals surface area contributed by atoms with E-state index in [0.717, 1.165) is 56.0 Å². The highest BCUT2D eigenvalue weighted by Crippen LogP contribution is 2.36. The van der Waals surface area contributed by atoms with Crippen LogP contribution >= 0.6 is 0 Å². The monoisotopic (exact) mass is 469 g/mol. The number of hydrogen-bond donors (Lipinski definition) is 0. The molecule has 1 heteroatoms. The lowest BCUT2D eigenvalue weighted by atomic mass is 10.0. The van der Waals surface area contributed by atoms with Crippen LogP contribution in [0.3, 0.4) is 0 Å². The van der Waals surface area contributed by atoms with E-state index in [2.05, 4.69) is 129 Å². The highest BCUT2D eigenvalue weighted by atomic mass is 15.1. The minimum atomic E-state index is 0.909. The fourth-order valence-corrected chi connectivity index (χ4v) is 3.99. The Bertz CT molecular complexity index is 1330. The van der Waals surface area contributed by atoms with Crippen molar-refractivity contribution in [1.82, 2.24) is 0 Å². The average molecular weight is 470 g/mol. The van der Waals surface area contributed by atoms with E-state index in [1.165, 1.54) is 0 Å². The average Bonchev–Trinajstić information content (AvgIpc) is 2.91. The van der Waals surface area contributed by atoms with Gasteiger partial charge in [-0.3, -0.25) is 0 Å². The Kier molecular flexibility index (Phi) is 9.02. The standard InChI is InChI=1S/C35H35N/c1-8-27(7)30-14-20-33(21-15-30)36(34-22-16-31(17-23-34)28(9-2)10-3)35-24-18-32(19-25-35)29(11-4)13-12-26(5)6/h8-25H,1-2,5,7H2,3-4,6H3/b13-12-,28-10+,29-11+. The first-order valence-electron chi connectivity index (χ1n) is 12.1. The van der Waals surface area contributed by atoms with Crippen LogP contribution in [0.1, 0.15) is 37.5 Å². The molecule has 3 rings (SSSR count). The van der Waals surface area contributed by atoms with Crippen molar-refractivity contribution in [2.45, 2.75) is 20.8 Å². The molecule has 0 bridgehead atoms. The lowest BCUT2D eigenvalue weighted by molar-refractivity contribution is 1.28. The topological polar surface area (TPSA) is 3.24 Å². The van der Waals surface area contributed by atoms with Gasteiger partial charge in [-0.15, -0.1) is 0 Å². The quantitative estimate of drug-likeness (QED) is 0.267. The first-order chi connectivity index (χ1) is 17.4. The SMILES string of the molecule is C=CC(=C)c1ccc(N(c2ccc(/C(C=C)=C/C)cc2)c2ccc(C(/C=C\C(=C)C)=C/C)cc2)cc1. The summed E-state index contributed by atoms with van der Waals surface area (Å²) in [6, 6.07) is 25.7. The molecule has 180 valence electrons. The maximum absolute atomic E-state index is 4.08. The molecule has 0 aromatic heterocycles. The molecule has 0 atom stereocenters. The van der Waals surface area contributed by atoms with Gasteiger partial charge in [-0.1, -0.05) is 105 Å². The largest absolute Gasteiger partial charge is 0.311 e. The summed E-state index contributed by atoms with van der Waals surface area (Å²) in [4.78, 5) is 2.26. The second-order valence-corrected chi connectivity index (χ2v) is 8.58. The van der Waals surface area contributed by atoms with Crippen LogP contribution in [0, 0.1) is 0 Å². The number of allylic oxidation sites excluding steroid dienone is 10. The highest BCUT2D eigenvalue weighted by Gasteiger charge is 2.13. The van der Waals surface area contributed by atoms with Crippen LogP contribution in [0.2, 0.25) is 0 Å². The van der Waals surface area contributed by atoms with E-state index >= 15 is 0 Å². The smallest absolute Gasteiger partial charge is 0.0462 e. The molecule has 0 saturated carbocycles. The fraction of sp³-hybridized carbons (Fsp3) is 0.0857. The molecule has 3 aromatic carbocycles. The number of anilines is 3. The maximum atomic E-state index is 4.08. The maximum Gasteiger partial charge on any atom is 0.0462 e. The van der Waals surface area contributed by atoms with Crippen molar-refractivity contribution < 1.29 is 0 Å². The molecule has 0 N–H and O–H groups in total. The summed E-state index contributed by atoms with van der Waals surface area (Å²) < 4.78 is 0. The van der Waals surface area contributed by atoms with Gasteiger partial charge in [0.2, 0.25) is 0 Å². The van der Waals surface area contributed by atoms with Gasteiger partial charge in [0, 0.05) is 17.1 Å². The van der Waals surface area contributed by atoms with Crippen molar-refractivity contribution in [3.63, 3.8) is 0 Å². The molecule has 0 radical (unpaired) electrons. The molecule has 0 aliphatic carbocycles. The van der Waals surface area contributed by atoms with Gasteiger partial charge in [0.05, 0.1) is 0 Å². The zero-order valence-electron chi connectivity index (χ0n) is 21.7. The van der Waals surface area contributed by atoms with Gasteiger partial charge in [-0.05, 0) is 90.6 Å². The Morgan fingerprint density at radius 3 is 1.36 bits per heavy atom. The van der Waals surface area contributed by atoms with Crippen molar-refractivity contribution in [1.29, 1.82) is 0 Å². The molecule has 1 nitrogen and oxygen atoms in total. The Morgan fingerprint density at radius 2 is 1.00 bits per heavy atom. The van der Waals surface area contributed by atoms with E-state index in [-0.39, 0.29) is 0 Å². The third-order valence-corrected chi connectivity index (χ3v) is 6.05. The molecular formula is C35H35N. The minimum Gasteiger partial charge on any atom is -0.311 e. The predicted molar refractivity (Wildman–Crippen MR) is 162 cm³/mol. The van der Waals surface area contributed by atoms with Crippen LogP contribution in [0.5, 0.6) is 0 Å². The van der Waals surface area contributed by atoms with E-state index in [9.17, 15) is 0 Å². The normalized spacial score (nSPS) is 11.9. The number of hydrogen-bond acceptors (Lipinski definition) is 1. The summed E-state index contributed by atoms with van der Waals surface area (Å²) >= 11 is 0. The van der Waals surface area contributed by atoms with E-state index in [1.54, 1.807) is 6.08 Å². The van der Waals surface area contributed by atoms with E-state index in [1.807, 2.05) is 26.0 Å². The Balaban J connectivity index is 2.06. The molecule has 0 aliphatic rings. The molecule has 0 heterocycles. The van der Waals surface area contributed by atoms with Crippen LogP contribution < -0.4 is 4.90 Å². The summed E-state index contributed by atoms with van der Waals surface area (Å²) in [5.41, 5.74) is 10.8. The summed E-state index contributed by atoms with van der Waals surface area (Å²) in [5.74, 6) is 0. The van der Waals surface area contributed by atoms with Crippen molar-refractivity contribution in [3.05, 3.63) is 158 Å². The Hall–Kier alpha value is -4.36. The molecule has 0 spiro atoms. The molecule has 0 unspecified atom stereocenters. The van der Waals surface area contributed by atoms with Gasteiger partial charge in [0.25, 0.3) is 0 Å². The number of rotatable bonds is 10. The fourth-order valence-electron chi connectivity index (χ4n) is 3.99. The van der Waals surface area contributed by atoms with E-state index in [4.69, 9.17) is 0 Å². The highest BCUT2D eigenvalue weighted by molar-refractivity contribution is 5.82. The first kappa shape index (κ1) is 26.2. The molecular weight excluding hydrogens is 434 g/mol. The van der Waals surface area contributed by atoms with Gasteiger partial charge in [-0.2, -0.15) is 0 Å². The third-order valence-electron chi connectivity index (χ3n) is 6.05. The van der Waals surface area contributed by atoms with Gasteiger partial charge in [0.1, 0.15) is 0 Å².